The predicted octanol–water partition coefficient (Wildman–Crippen LogP) is 1.98. The molecule has 0 radical (unpaired) electrons. The lowest BCUT2D eigenvalue weighted by molar-refractivity contribution is -0.141. The quantitative estimate of drug-likeness (QED) is 0.902. The summed E-state index contributed by atoms with van der Waals surface area (Å²) in [6.07, 6.45) is -2.23. The molecule has 0 saturated heterocycles. The molecule has 0 fully saturated rings. The van der Waals surface area contributed by atoms with Crippen LogP contribution in [0.15, 0.2) is 30.6 Å². The number of aryl methyl sites for hydroxylation is 1. The molecule has 0 aromatic carbocycles. The number of alkyl halides is 3. The average molecular weight is 286 g/mol. The van der Waals surface area contributed by atoms with Crippen molar-refractivity contribution in [3.8, 4) is 0 Å². The topological polar surface area (TPSA) is 63.0 Å². The van der Waals surface area contributed by atoms with Crippen LogP contribution in [0.2, 0.25) is 0 Å². The van der Waals surface area contributed by atoms with Gasteiger partial charge in [-0.15, -0.1) is 0 Å². The van der Waals surface area contributed by atoms with Crippen molar-refractivity contribution < 1.29 is 18.3 Å². The molecule has 0 bridgehead atoms. The van der Waals surface area contributed by atoms with Gasteiger partial charge in [0.25, 0.3) is 0 Å². The van der Waals surface area contributed by atoms with Gasteiger partial charge in [-0.3, -0.25) is 0 Å². The number of pyridine rings is 1. The summed E-state index contributed by atoms with van der Waals surface area (Å²) < 4.78 is 39.1. The SMILES string of the molecule is Cn1ccnc1[C@H](O)CNc1cccc(C(F)(F)F)n1. The predicted molar refractivity (Wildman–Crippen MR) is 65.9 cm³/mol. The lowest BCUT2D eigenvalue weighted by Gasteiger charge is -2.13. The number of aliphatic hydroxyl groups excluding tert-OH is 1. The van der Waals surface area contributed by atoms with Crippen LogP contribution in [0, 0.1) is 0 Å². The molecule has 0 unspecified atom stereocenters. The fourth-order valence-corrected chi connectivity index (χ4v) is 1.68. The Labute approximate surface area is 113 Å². The summed E-state index contributed by atoms with van der Waals surface area (Å²) in [5.41, 5.74) is -0.978. The Kier molecular flexibility index (Phi) is 3.93. The number of nitrogens with zero attached hydrogens (tertiary/aromatic N) is 3. The zero-order chi connectivity index (χ0) is 14.8. The molecule has 0 saturated carbocycles. The highest BCUT2D eigenvalue weighted by Gasteiger charge is 2.32. The van der Waals surface area contributed by atoms with Crippen LogP contribution in [0.25, 0.3) is 0 Å². The Hall–Kier alpha value is -2.09. The van der Waals surface area contributed by atoms with Crippen molar-refractivity contribution in [3.63, 3.8) is 0 Å². The van der Waals surface area contributed by atoms with E-state index in [4.69, 9.17) is 0 Å². The van der Waals surface area contributed by atoms with Crippen molar-refractivity contribution in [1.82, 2.24) is 14.5 Å². The van der Waals surface area contributed by atoms with E-state index in [2.05, 4.69) is 15.3 Å². The van der Waals surface area contributed by atoms with Gasteiger partial charge in [0, 0.05) is 26.0 Å². The number of halogens is 3. The van der Waals surface area contributed by atoms with Crippen LogP contribution >= 0.6 is 0 Å². The molecule has 2 rings (SSSR count). The molecule has 1 atom stereocenters. The van der Waals surface area contributed by atoms with E-state index < -0.39 is 18.0 Å². The number of aromatic nitrogens is 3. The molecule has 5 nitrogen and oxygen atoms in total. The zero-order valence-corrected chi connectivity index (χ0v) is 10.6. The molecule has 2 aromatic heterocycles. The van der Waals surface area contributed by atoms with Crippen LogP contribution in [-0.2, 0) is 13.2 Å². The third-order valence-electron chi connectivity index (χ3n) is 2.67. The first-order valence-corrected chi connectivity index (χ1v) is 5.81. The second-order valence-corrected chi connectivity index (χ2v) is 4.20. The van der Waals surface area contributed by atoms with Crippen LogP contribution in [0.5, 0.6) is 0 Å². The average Bonchev–Trinajstić information content (AvgIpc) is 2.82. The summed E-state index contributed by atoms with van der Waals surface area (Å²) in [4.78, 5) is 7.40. The highest BCUT2D eigenvalue weighted by Crippen LogP contribution is 2.28. The molecule has 0 spiro atoms. The largest absolute Gasteiger partial charge is 0.433 e. The Morgan fingerprint density at radius 3 is 2.75 bits per heavy atom. The fraction of sp³-hybridized carbons (Fsp3) is 0.333. The molecule has 0 aliphatic rings. The maximum atomic E-state index is 12.5. The lowest BCUT2D eigenvalue weighted by atomic mass is 10.3. The Morgan fingerprint density at radius 1 is 1.40 bits per heavy atom. The lowest BCUT2D eigenvalue weighted by Crippen LogP contribution is -2.17. The van der Waals surface area contributed by atoms with Gasteiger partial charge in [0.1, 0.15) is 23.4 Å². The van der Waals surface area contributed by atoms with Crippen molar-refractivity contribution in [2.45, 2.75) is 12.3 Å². The van der Waals surface area contributed by atoms with E-state index in [9.17, 15) is 18.3 Å². The van der Waals surface area contributed by atoms with Gasteiger partial charge in [-0.1, -0.05) is 6.07 Å². The number of hydrogen-bond acceptors (Lipinski definition) is 4. The third-order valence-corrected chi connectivity index (χ3v) is 2.67. The van der Waals surface area contributed by atoms with Crippen molar-refractivity contribution in [2.75, 3.05) is 11.9 Å². The van der Waals surface area contributed by atoms with Gasteiger partial charge in [-0.05, 0) is 12.1 Å². The Balaban J connectivity index is 2.03. The summed E-state index contributed by atoms with van der Waals surface area (Å²) in [7, 11) is 1.72. The summed E-state index contributed by atoms with van der Waals surface area (Å²) in [5.74, 6) is 0.470. The maximum Gasteiger partial charge on any atom is 0.433 e. The van der Waals surface area contributed by atoms with E-state index in [1.54, 1.807) is 17.8 Å². The first-order valence-electron chi connectivity index (χ1n) is 5.81. The molecule has 2 heterocycles. The van der Waals surface area contributed by atoms with E-state index in [1.807, 2.05) is 0 Å². The van der Waals surface area contributed by atoms with Gasteiger partial charge in [-0.2, -0.15) is 13.2 Å². The monoisotopic (exact) mass is 286 g/mol. The van der Waals surface area contributed by atoms with Crippen molar-refractivity contribution in [1.29, 1.82) is 0 Å². The first-order chi connectivity index (χ1) is 9.38. The molecule has 2 N–H and O–H groups in total. The molecule has 0 amide bonds. The summed E-state index contributed by atoms with van der Waals surface area (Å²) >= 11 is 0. The van der Waals surface area contributed by atoms with Gasteiger partial charge in [-0.25, -0.2) is 9.97 Å². The summed E-state index contributed by atoms with van der Waals surface area (Å²) in [5, 5.41) is 12.5. The smallest absolute Gasteiger partial charge is 0.383 e. The minimum Gasteiger partial charge on any atom is -0.383 e. The first kappa shape index (κ1) is 14.3. The molecule has 8 heteroatoms. The minimum absolute atomic E-state index is 0.0131. The molecule has 2 aromatic rings. The molecule has 108 valence electrons. The van der Waals surface area contributed by atoms with Crippen LogP contribution < -0.4 is 5.32 Å². The Bertz CT molecular complexity index is 582. The van der Waals surface area contributed by atoms with Crippen LogP contribution in [-0.4, -0.2) is 26.2 Å². The second kappa shape index (κ2) is 5.49. The van der Waals surface area contributed by atoms with Gasteiger partial charge in [0.2, 0.25) is 0 Å². The van der Waals surface area contributed by atoms with Gasteiger partial charge < -0.3 is 15.0 Å². The van der Waals surface area contributed by atoms with Gasteiger partial charge >= 0.3 is 6.18 Å². The number of imidazole rings is 1. The van der Waals surface area contributed by atoms with Crippen molar-refractivity contribution >= 4 is 5.82 Å². The number of nitrogens with one attached hydrogen (secondary N) is 1. The number of hydrogen-bond donors (Lipinski definition) is 2. The normalized spacial score (nSPS) is 13.2. The third kappa shape index (κ3) is 3.27. The number of rotatable bonds is 4. The molecule has 20 heavy (non-hydrogen) atoms. The molecular weight excluding hydrogens is 273 g/mol. The minimum atomic E-state index is -4.49. The Morgan fingerprint density at radius 2 is 2.15 bits per heavy atom. The molecule has 0 aliphatic heterocycles. The van der Waals surface area contributed by atoms with E-state index >= 15 is 0 Å². The zero-order valence-electron chi connectivity index (χ0n) is 10.6. The van der Waals surface area contributed by atoms with Crippen LogP contribution in [0.4, 0.5) is 19.0 Å². The summed E-state index contributed by atoms with van der Waals surface area (Å²) in [6.45, 7) is 0.0131. The van der Waals surface area contributed by atoms with Crippen LogP contribution in [0.1, 0.15) is 17.6 Å². The van der Waals surface area contributed by atoms with E-state index in [-0.39, 0.29) is 12.4 Å². The summed E-state index contributed by atoms with van der Waals surface area (Å²) in [6, 6.07) is 3.55. The highest BCUT2D eigenvalue weighted by molar-refractivity contribution is 5.36. The van der Waals surface area contributed by atoms with E-state index in [0.29, 0.717) is 5.82 Å². The molecule has 0 aliphatic carbocycles. The molecular formula is C12H13F3N4O. The number of anilines is 1. The van der Waals surface area contributed by atoms with E-state index in [1.165, 1.54) is 18.3 Å². The fourth-order valence-electron chi connectivity index (χ4n) is 1.68. The maximum absolute atomic E-state index is 12.5. The standard InChI is InChI=1S/C12H13F3N4O/c1-19-6-5-16-11(19)8(20)7-17-10-4-2-3-9(18-10)12(13,14)15/h2-6,8,20H,7H2,1H3,(H,17,18)/t8-/m1/s1. The highest BCUT2D eigenvalue weighted by atomic mass is 19.4. The van der Waals surface area contributed by atoms with Crippen molar-refractivity contribution in [3.05, 3.63) is 42.1 Å². The van der Waals surface area contributed by atoms with E-state index in [0.717, 1.165) is 6.07 Å². The van der Waals surface area contributed by atoms with Gasteiger partial charge in [0.15, 0.2) is 0 Å². The van der Waals surface area contributed by atoms with Crippen LogP contribution in [0.3, 0.4) is 0 Å². The second-order valence-electron chi connectivity index (χ2n) is 4.20. The number of aliphatic hydroxyl groups is 1. The van der Waals surface area contributed by atoms with Crippen molar-refractivity contribution in [2.24, 2.45) is 7.05 Å². The van der Waals surface area contributed by atoms with Gasteiger partial charge in [0.05, 0.1) is 0 Å².